The standard InChI is InChI=1S/C20H23NO3/c1-5-9-12(15-16(22)17(23)18(15)24-6-2)19-20(3,4)13-10-7-8-11-14(13)21-19/h7-8,10-12H,5-6,9H2,1-4H3. The summed E-state index contributed by atoms with van der Waals surface area (Å²) in [5, 5.41) is 0. The summed E-state index contributed by atoms with van der Waals surface area (Å²) in [6.07, 6.45) is 1.68. The molecule has 4 heteroatoms. The molecule has 1 aliphatic rings. The molecular formula is C20H23NO3. The van der Waals surface area contributed by atoms with E-state index < -0.39 is 10.9 Å². The summed E-state index contributed by atoms with van der Waals surface area (Å²) in [6.45, 7) is 8.54. The van der Waals surface area contributed by atoms with E-state index >= 15 is 0 Å². The second-order valence-electron chi connectivity index (χ2n) is 6.81. The number of benzene rings is 1. The van der Waals surface area contributed by atoms with Crippen LogP contribution in [0.4, 0.5) is 5.69 Å². The summed E-state index contributed by atoms with van der Waals surface area (Å²) in [6, 6.07) is 8.06. The molecule has 0 aliphatic carbocycles. The van der Waals surface area contributed by atoms with Crippen molar-refractivity contribution in [2.75, 3.05) is 6.61 Å². The van der Waals surface area contributed by atoms with Gasteiger partial charge < -0.3 is 4.74 Å². The predicted molar refractivity (Wildman–Crippen MR) is 96.7 cm³/mol. The van der Waals surface area contributed by atoms with Gasteiger partial charge in [-0.2, -0.15) is 0 Å². The van der Waals surface area contributed by atoms with Gasteiger partial charge in [0.15, 0.2) is 5.75 Å². The minimum absolute atomic E-state index is 0.163. The number of rotatable bonds is 6. The van der Waals surface area contributed by atoms with Crippen LogP contribution in [0.5, 0.6) is 5.75 Å². The van der Waals surface area contributed by atoms with Gasteiger partial charge in [-0.1, -0.05) is 45.4 Å². The summed E-state index contributed by atoms with van der Waals surface area (Å²) in [7, 11) is 0. The molecule has 4 nitrogen and oxygen atoms in total. The van der Waals surface area contributed by atoms with Gasteiger partial charge in [-0.15, -0.1) is 0 Å². The highest BCUT2D eigenvalue weighted by atomic mass is 16.5. The first-order valence-corrected chi connectivity index (χ1v) is 8.58. The minimum Gasteiger partial charge on any atom is -0.489 e. The molecule has 0 saturated carbocycles. The lowest BCUT2D eigenvalue weighted by Crippen LogP contribution is -2.42. The zero-order valence-electron chi connectivity index (χ0n) is 14.7. The van der Waals surface area contributed by atoms with Gasteiger partial charge in [0.1, 0.15) is 0 Å². The van der Waals surface area contributed by atoms with Crippen molar-refractivity contribution in [2.45, 2.75) is 51.9 Å². The first-order valence-electron chi connectivity index (χ1n) is 8.58. The van der Waals surface area contributed by atoms with Crippen LogP contribution in [-0.2, 0) is 5.41 Å². The molecule has 3 rings (SSSR count). The Labute approximate surface area is 141 Å². The Morgan fingerprint density at radius 1 is 1.12 bits per heavy atom. The maximum atomic E-state index is 12.3. The Balaban J connectivity index is 2.10. The molecule has 0 amide bonds. The molecule has 1 aliphatic heterocycles. The normalized spacial score (nSPS) is 16.8. The summed E-state index contributed by atoms with van der Waals surface area (Å²) in [4.78, 5) is 29.0. The minimum atomic E-state index is -0.498. The number of hydrogen-bond acceptors (Lipinski definition) is 4. The van der Waals surface area contributed by atoms with Crippen molar-refractivity contribution in [3.8, 4) is 5.75 Å². The Kier molecular flexibility index (Phi) is 4.16. The van der Waals surface area contributed by atoms with E-state index in [1.807, 2.05) is 25.1 Å². The molecule has 0 saturated heterocycles. The third kappa shape index (κ3) is 2.32. The maximum Gasteiger partial charge on any atom is 0.268 e. The molecule has 1 atom stereocenters. The van der Waals surface area contributed by atoms with Gasteiger partial charge in [-0.05, 0) is 25.0 Å². The number of aliphatic imine (C=N–C) groups is 1. The van der Waals surface area contributed by atoms with Crippen molar-refractivity contribution in [1.29, 1.82) is 0 Å². The number of ether oxygens (including phenoxy) is 1. The second-order valence-corrected chi connectivity index (χ2v) is 6.81. The lowest BCUT2D eigenvalue weighted by Gasteiger charge is -2.29. The average Bonchev–Trinajstić information content (AvgIpc) is 2.84. The second kappa shape index (κ2) is 6.00. The van der Waals surface area contributed by atoms with E-state index in [1.165, 1.54) is 0 Å². The van der Waals surface area contributed by atoms with Gasteiger partial charge >= 0.3 is 0 Å². The van der Waals surface area contributed by atoms with Crippen molar-refractivity contribution in [3.63, 3.8) is 0 Å². The molecule has 2 aromatic rings. The number of para-hydroxylation sites is 1. The highest BCUT2D eigenvalue weighted by Gasteiger charge is 2.42. The molecule has 126 valence electrons. The quantitative estimate of drug-likeness (QED) is 0.762. The van der Waals surface area contributed by atoms with Crippen LogP contribution in [0.25, 0.3) is 0 Å². The molecule has 0 radical (unpaired) electrons. The molecule has 0 bridgehead atoms. The van der Waals surface area contributed by atoms with Crippen LogP contribution in [0.15, 0.2) is 38.8 Å². The van der Waals surface area contributed by atoms with Crippen LogP contribution >= 0.6 is 0 Å². The molecular weight excluding hydrogens is 302 g/mol. The molecule has 24 heavy (non-hydrogen) atoms. The average molecular weight is 325 g/mol. The van der Waals surface area contributed by atoms with Gasteiger partial charge in [-0.25, -0.2) is 0 Å². The molecule has 0 aromatic heterocycles. The smallest absolute Gasteiger partial charge is 0.268 e. The first kappa shape index (κ1) is 16.6. The summed E-state index contributed by atoms with van der Waals surface area (Å²) in [5.74, 6) is 0.0829. The van der Waals surface area contributed by atoms with Crippen molar-refractivity contribution < 1.29 is 4.74 Å². The highest BCUT2D eigenvalue weighted by Crippen LogP contribution is 2.45. The Morgan fingerprint density at radius 3 is 2.46 bits per heavy atom. The summed E-state index contributed by atoms with van der Waals surface area (Å²) in [5.41, 5.74) is 2.42. The van der Waals surface area contributed by atoms with Gasteiger partial charge in [0.25, 0.3) is 5.43 Å². The fraction of sp³-hybridized carbons (Fsp3) is 0.450. The van der Waals surface area contributed by atoms with Crippen molar-refractivity contribution >= 4 is 11.4 Å². The number of hydrogen-bond donors (Lipinski definition) is 0. The molecule has 0 spiro atoms. The van der Waals surface area contributed by atoms with Crippen LogP contribution < -0.4 is 15.6 Å². The topological polar surface area (TPSA) is 55.7 Å². The zero-order valence-corrected chi connectivity index (χ0v) is 14.7. The third-order valence-corrected chi connectivity index (χ3v) is 4.90. The molecule has 2 aromatic carbocycles. The molecule has 1 unspecified atom stereocenters. The lowest BCUT2D eigenvalue weighted by molar-refractivity contribution is 0.326. The maximum absolute atomic E-state index is 12.3. The number of fused-ring (bicyclic) bond motifs is 1. The first-order chi connectivity index (χ1) is 11.4. The van der Waals surface area contributed by atoms with Gasteiger partial charge in [-0.3, -0.25) is 14.6 Å². The van der Waals surface area contributed by atoms with Crippen LogP contribution in [0.3, 0.4) is 0 Å². The highest BCUT2D eigenvalue weighted by molar-refractivity contribution is 6.05. The fourth-order valence-electron chi connectivity index (χ4n) is 3.72. The molecule has 0 fully saturated rings. The zero-order chi connectivity index (χ0) is 17.5. The molecule has 1 heterocycles. The third-order valence-electron chi connectivity index (χ3n) is 4.90. The molecule has 0 N–H and O–H groups in total. The van der Waals surface area contributed by atoms with E-state index in [1.54, 1.807) is 0 Å². The fourth-order valence-corrected chi connectivity index (χ4v) is 3.72. The van der Waals surface area contributed by atoms with E-state index in [2.05, 4.69) is 26.8 Å². The van der Waals surface area contributed by atoms with Gasteiger partial charge in [0.2, 0.25) is 5.43 Å². The summed E-state index contributed by atoms with van der Waals surface area (Å²) >= 11 is 0. The van der Waals surface area contributed by atoms with Gasteiger partial charge in [0.05, 0.1) is 17.9 Å². The SMILES string of the molecule is CCCC(C1=Nc2ccccc2C1(C)C)c1c(OCC)c(=O)c1=O. The van der Waals surface area contributed by atoms with Crippen LogP contribution in [0.1, 0.15) is 57.6 Å². The van der Waals surface area contributed by atoms with Crippen LogP contribution in [0.2, 0.25) is 0 Å². The van der Waals surface area contributed by atoms with E-state index in [9.17, 15) is 9.59 Å². The van der Waals surface area contributed by atoms with Gasteiger partial charge in [0, 0.05) is 17.0 Å². The lowest BCUT2D eigenvalue weighted by atomic mass is 9.72. The monoisotopic (exact) mass is 325 g/mol. The Bertz CT molecular complexity index is 869. The van der Waals surface area contributed by atoms with E-state index in [0.717, 1.165) is 29.8 Å². The largest absolute Gasteiger partial charge is 0.489 e. The van der Waals surface area contributed by atoms with Crippen LogP contribution in [-0.4, -0.2) is 12.3 Å². The summed E-state index contributed by atoms with van der Waals surface area (Å²) < 4.78 is 5.46. The van der Waals surface area contributed by atoms with E-state index in [-0.39, 0.29) is 17.1 Å². The predicted octanol–water partition coefficient (Wildman–Crippen LogP) is 3.63. The Morgan fingerprint density at radius 2 is 1.83 bits per heavy atom. The van der Waals surface area contributed by atoms with Crippen molar-refractivity contribution in [1.82, 2.24) is 0 Å². The Hall–Kier alpha value is -2.23. The van der Waals surface area contributed by atoms with E-state index in [0.29, 0.717) is 12.2 Å². The van der Waals surface area contributed by atoms with Crippen molar-refractivity contribution in [3.05, 3.63) is 55.8 Å². The van der Waals surface area contributed by atoms with E-state index in [4.69, 9.17) is 9.73 Å². The van der Waals surface area contributed by atoms with Crippen molar-refractivity contribution in [2.24, 2.45) is 4.99 Å². The van der Waals surface area contributed by atoms with Crippen LogP contribution in [0, 0.1) is 0 Å². The number of nitrogens with zero attached hydrogens (tertiary/aromatic N) is 1.